The minimum Gasteiger partial charge on any atom is -0.497 e. The van der Waals surface area contributed by atoms with Gasteiger partial charge in [0.15, 0.2) is 5.82 Å². The maximum absolute atomic E-state index is 11.8. The number of carbonyl (C=O) groups excluding carboxylic acids is 1. The zero-order valence-electron chi connectivity index (χ0n) is 16.3. The van der Waals surface area contributed by atoms with E-state index in [0.29, 0.717) is 45.3 Å². The number of methoxy groups -OCH3 is 1. The van der Waals surface area contributed by atoms with Crippen molar-refractivity contribution in [2.24, 2.45) is 0 Å². The predicted octanol–water partition coefficient (Wildman–Crippen LogP) is 1.81. The standard InChI is InChI=1S/C19H26N6O3/c1-3-28-19(26)25-11-9-24(10-12-25)17-14-21-23-18(22-17)20-8-7-15-5-4-6-16(13-15)27-2/h4-6,13-14H,3,7-12H2,1-2H3,(H,20,22,23). The summed E-state index contributed by atoms with van der Waals surface area (Å²) in [6.07, 6.45) is 2.21. The highest BCUT2D eigenvalue weighted by Crippen LogP contribution is 2.15. The van der Waals surface area contributed by atoms with Crippen LogP contribution in [0.25, 0.3) is 0 Å². The van der Waals surface area contributed by atoms with Crippen LogP contribution in [-0.4, -0.2) is 72.6 Å². The molecule has 1 fully saturated rings. The highest BCUT2D eigenvalue weighted by Gasteiger charge is 2.23. The Kier molecular flexibility index (Phi) is 6.83. The number of amides is 1. The van der Waals surface area contributed by atoms with Gasteiger partial charge in [-0.25, -0.2) is 4.79 Å². The number of nitrogens with zero attached hydrogens (tertiary/aromatic N) is 5. The molecule has 1 saturated heterocycles. The topological polar surface area (TPSA) is 92.7 Å². The number of hydrogen-bond acceptors (Lipinski definition) is 8. The third-order valence-corrected chi connectivity index (χ3v) is 4.51. The second-order valence-corrected chi connectivity index (χ2v) is 6.34. The van der Waals surface area contributed by atoms with Crippen LogP contribution in [0.5, 0.6) is 5.75 Å². The Bertz CT molecular complexity index is 780. The lowest BCUT2D eigenvalue weighted by Crippen LogP contribution is -2.49. The maximum Gasteiger partial charge on any atom is 0.409 e. The van der Waals surface area contributed by atoms with Crippen LogP contribution >= 0.6 is 0 Å². The smallest absolute Gasteiger partial charge is 0.409 e. The average molecular weight is 386 g/mol. The van der Waals surface area contributed by atoms with Gasteiger partial charge < -0.3 is 24.6 Å². The van der Waals surface area contributed by atoms with Crippen LogP contribution < -0.4 is 15.0 Å². The van der Waals surface area contributed by atoms with Gasteiger partial charge in [-0.15, -0.1) is 5.10 Å². The van der Waals surface area contributed by atoms with Crippen molar-refractivity contribution in [3.8, 4) is 5.75 Å². The Morgan fingerprint density at radius 3 is 2.82 bits per heavy atom. The Morgan fingerprint density at radius 2 is 2.07 bits per heavy atom. The van der Waals surface area contributed by atoms with Crippen LogP contribution in [0.3, 0.4) is 0 Å². The number of carbonyl (C=O) groups is 1. The minimum absolute atomic E-state index is 0.261. The van der Waals surface area contributed by atoms with E-state index >= 15 is 0 Å². The Hall–Kier alpha value is -3.10. The molecule has 1 N–H and O–H groups in total. The van der Waals surface area contributed by atoms with Crippen LogP contribution in [0.2, 0.25) is 0 Å². The van der Waals surface area contributed by atoms with Crippen molar-refractivity contribution in [1.82, 2.24) is 20.1 Å². The van der Waals surface area contributed by atoms with Crippen LogP contribution in [0.1, 0.15) is 12.5 Å². The van der Waals surface area contributed by atoms with Crippen molar-refractivity contribution in [1.29, 1.82) is 0 Å². The van der Waals surface area contributed by atoms with Crippen molar-refractivity contribution in [2.45, 2.75) is 13.3 Å². The lowest BCUT2D eigenvalue weighted by atomic mass is 10.1. The van der Waals surface area contributed by atoms with Gasteiger partial charge in [0.05, 0.1) is 19.9 Å². The molecule has 1 aromatic heterocycles. The Balaban J connectivity index is 1.51. The molecule has 1 amide bonds. The fraction of sp³-hybridized carbons (Fsp3) is 0.474. The summed E-state index contributed by atoms with van der Waals surface area (Å²) in [7, 11) is 1.66. The summed E-state index contributed by atoms with van der Waals surface area (Å²) < 4.78 is 10.3. The SMILES string of the molecule is CCOC(=O)N1CCN(c2cnnc(NCCc3cccc(OC)c3)n2)CC1. The quantitative estimate of drug-likeness (QED) is 0.770. The van der Waals surface area contributed by atoms with Gasteiger partial charge in [0.25, 0.3) is 0 Å². The van der Waals surface area contributed by atoms with E-state index in [9.17, 15) is 4.79 Å². The summed E-state index contributed by atoms with van der Waals surface area (Å²) >= 11 is 0. The van der Waals surface area contributed by atoms with Gasteiger partial charge in [-0.2, -0.15) is 10.1 Å². The Morgan fingerprint density at radius 1 is 1.25 bits per heavy atom. The molecule has 2 aromatic rings. The molecule has 1 aliphatic rings. The number of anilines is 2. The van der Waals surface area contributed by atoms with Gasteiger partial charge >= 0.3 is 6.09 Å². The lowest BCUT2D eigenvalue weighted by molar-refractivity contribution is 0.105. The van der Waals surface area contributed by atoms with Crippen LogP contribution in [0.15, 0.2) is 30.5 Å². The van der Waals surface area contributed by atoms with Crippen molar-refractivity contribution < 1.29 is 14.3 Å². The van der Waals surface area contributed by atoms with Crippen molar-refractivity contribution >= 4 is 17.9 Å². The molecule has 0 atom stereocenters. The summed E-state index contributed by atoms with van der Waals surface area (Å²) in [4.78, 5) is 20.2. The molecule has 0 bridgehead atoms. The van der Waals surface area contributed by atoms with Crippen LogP contribution in [0.4, 0.5) is 16.6 Å². The summed E-state index contributed by atoms with van der Waals surface area (Å²) in [6.45, 7) is 5.45. The first-order chi connectivity index (χ1) is 13.7. The van der Waals surface area contributed by atoms with Gasteiger partial charge in [-0.05, 0) is 31.0 Å². The van der Waals surface area contributed by atoms with E-state index in [1.54, 1.807) is 18.2 Å². The highest BCUT2D eigenvalue weighted by atomic mass is 16.6. The maximum atomic E-state index is 11.8. The molecule has 2 heterocycles. The number of ether oxygens (including phenoxy) is 2. The highest BCUT2D eigenvalue weighted by molar-refractivity contribution is 5.68. The summed E-state index contributed by atoms with van der Waals surface area (Å²) in [5.41, 5.74) is 1.17. The normalized spacial score (nSPS) is 13.9. The molecular weight excluding hydrogens is 360 g/mol. The molecule has 0 spiro atoms. The fourth-order valence-electron chi connectivity index (χ4n) is 3.00. The van der Waals surface area contributed by atoms with Gasteiger partial charge in [0.2, 0.25) is 5.95 Å². The number of nitrogens with one attached hydrogen (secondary N) is 1. The number of piperazine rings is 1. The third-order valence-electron chi connectivity index (χ3n) is 4.51. The monoisotopic (exact) mass is 386 g/mol. The number of aromatic nitrogens is 3. The second kappa shape index (κ2) is 9.72. The number of rotatable bonds is 7. The molecule has 0 radical (unpaired) electrons. The number of benzene rings is 1. The molecule has 0 unspecified atom stereocenters. The van der Waals surface area contributed by atoms with E-state index in [2.05, 4.69) is 31.5 Å². The molecule has 3 rings (SSSR count). The minimum atomic E-state index is -0.261. The zero-order valence-corrected chi connectivity index (χ0v) is 16.3. The molecule has 9 nitrogen and oxygen atoms in total. The molecular formula is C19H26N6O3. The van der Waals surface area contributed by atoms with Gasteiger partial charge in [-0.3, -0.25) is 0 Å². The summed E-state index contributed by atoms with van der Waals surface area (Å²) in [6, 6.07) is 7.97. The molecule has 0 saturated carbocycles. The zero-order chi connectivity index (χ0) is 19.8. The van der Waals surface area contributed by atoms with Gasteiger partial charge in [-0.1, -0.05) is 12.1 Å². The lowest BCUT2D eigenvalue weighted by Gasteiger charge is -2.34. The first kappa shape index (κ1) is 19.7. The van der Waals surface area contributed by atoms with E-state index in [-0.39, 0.29) is 6.09 Å². The van der Waals surface area contributed by atoms with Crippen molar-refractivity contribution in [2.75, 3.05) is 56.7 Å². The first-order valence-corrected chi connectivity index (χ1v) is 9.42. The van der Waals surface area contributed by atoms with Crippen LogP contribution in [0, 0.1) is 0 Å². The fourth-order valence-corrected chi connectivity index (χ4v) is 3.00. The molecule has 1 aliphatic heterocycles. The largest absolute Gasteiger partial charge is 0.497 e. The van der Waals surface area contributed by atoms with Crippen LogP contribution in [-0.2, 0) is 11.2 Å². The van der Waals surface area contributed by atoms with E-state index in [1.807, 2.05) is 25.1 Å². The first-order valence-electron chi connectivity index (χ1n) is 9.42. The summed E-state index contributed by atoms with van der Waals surface area (Å²) in [5, 5.41) is 11.3. The molecule has 9 heteroatoms. The Labute approximate surface area is 164 Å². The predicted molar refractivity (Wildman–Crippen MR) is 106 cm³/mol. The van der Waals surface area contributed by atoms with Gasteiger partial charge in [0.1, 0.15) is 5.75 Å². The molecule has 28 heavy (non-hydrogen) atoms. The van der Waals surface area contributed by atoms with E-state index in [0.717, 1.165) is 18.0 Å². The van der Waals surface area contributed by atoms with E-state index < -0.39 is 0 Å². The number of hydrogen-bond donors (Lipinski definition) is 1. The third kappa shape index (κ3) is 5.21. The molecule has 0 aliphatic carbocycles. The van der Waals surface area contributed by atoms with Crippen molar-refractivity contribution in [3.05, 3.63) is 36.0 Å². The van der Waals surface area contributed by atoms with E-state index in [4.69, 9.17) is 9.47 Å². The summed E-state index contributed by atoms with van der Waals surface area (Å²) in [5.74, 6) is 2.09. The molecule has 150 valence electrons. The van der Waals surface area contributed by atoms with E-state index in [1.165, 1.54) is 5.56 Å². The second-order valence-electron chi connectivity index (χ2n) is 6.34. The average Bonchev–Trinajstić information content (AvgIpc) is 2.74. The van der Waals surface area contributed by atoms with Gasteiger partial charge in [0, 0.05) is 32.7 Å². The molecule has 1 aromatic carbocycles. The van der Waals surface area contributed by atoms with Crippen molar-refractivity contribution in [3.63, 3.8) is 0 Å².